The number of aryl methyl sites for hydroxylation is 1. The van der Waals surface area contributed by atoms with Gasteiger partial charge < -0.3 is 15.8 Å². The third kappa shape index (κ3) is 2.77. The number of carbonyl (C=O) groups excluding carboxylic acids is 1. The van der Waals surface area contributed by atoms with Gasteiger partial charge in [0.1, 0.15) is 5.75 Å². The second-order valence-electron chi connectivity index (χ2n) is 4.32. The van der Waals surface area contributed by atoms with Gasteiger partial charge in [0.15, 0.2) is 6.61 Å². The molecule has 0 heterocycles. The zero-order chi connectivity index (χ0) is 12.3. The first-order valence-corrected chi connectivity index (χ1v) is 5.92. The summed E-state index contributed by atoms with van der Waals surface area (Å²) in [5.74, 6) is 0.612. The molecule has 4 heteroatoms. The van der Waals surface area contributed by atoms with Crippen molar-refractivity contribution in [3.8, 4) is 5.75 Å². The highest BCUT2D eigenvalue weighted by atomic mass is 16.5. The monoisotopic (exact) mass is 234 g/mol. The van der Waals surface area contributed by atoms with Crippen LogP contribution in [0, 0.1) is 0 Å². The highest BCUT2D eigenvalue weighted by Gasteiger charge is 2.17. The fourth-order valence-electron chi connectivity index (χ4n) is 2.14. The molecule has 0 radical (unpaired) electrons. The molecule has 0 saturated heterocycles. The number of ether oxygens (including phenoxy) is 1. The van der Waals surface area contributed by atoms with Crippen LogP contribution in [0.5, 0.6) is 5.75 Å². The van der Waals surface area contributed by atoms with Crippen LogP contribution >= 0.6 is 0 Å². The topological polar surface area (TPSA) is 64.3 Å². The van der Waals surface area contributed by atoms with Gasteiger partial charge in [-0.1, -0.05) is 6.07 Å². The van der Waals surface area contributed by atoms with Gasteiger partial charge in [0.2, 0.25) is 0 Å². The number of carbonyl (C=O) groups is 1. The molecule has 3 N–H and O–H groups in total. The molecule has 0 saturated carbocycles. The average molecular weight is 234 g/mol. The van der Waals surface area contributed by atoms with Crippen molar-refractivity contribution in [2.75, 3.05) is 13.7 Å². The fraction of sp³-hybridized carbons (Fsp3) is 0.462. The standard InChI is InChI=1S/C13H18N2O2/c1-15-13(16)8-17-10-5-6-11-9(7-10)3-2-4-12(11)14/h5-7,12H,2-4,8,14H2,1H3,(H,15,16). The molecule has 1 amide bonds. The van der Waals surface area contributed by atoms with E-state index >= 15 is 0 Å². The van der Waals surface area contributed by atoms with Crippen LogP contribution in [0.2, 0.25) is 0 Å². The lowest BCUT2D eigenvalue weighted by atomic mass is 9.88. The van der Waals surface area contributed by atoms with Crippen LogP contribution in [-0.4, -0.2) is 19.6 Å². The summed E-state index contributed by atoms with van der Waals surface area (Å²) in [6.07, 6.45) is 3.21. The van der Waals surface area contributed by atoms with E-state index < -0.39 is 0 Å². The van der Waals surface area contributed by atoms with E-state index in [1.807, 2.05) is 18.2 Å². The van der Waals surface area contributed by atoms with Crippen LogP contribution in [0.25, 0.3) is 0 Å². The summed E-state index contributed by atoms with van der Waals surface area (Å²) in [5.41, 5.74) is 8.50. The van der Waals surface area contributed by atoms with E-state index in [1.54, 1.807) is 7.05 Å². The number of likely N-dealkylation sites (N-methyl/N-ethyl adjacent to an activating group) is 1. The van der Waals surface area contributed by atoms with E-state index in [4.69, 9.17) is 10.5 Å². The van der Waals surface area contributed by atoms with Crippen molar-refractivity contribution in [3.05, 3.63) is 29.3 Å². The fourth-order valence-corrected chi connectivity index (χ4v) is 2.14. The Hall–Kier alpha value is -1.55. The van der Waals surface area contributed by atoms with Crippen LogP contribution in [0.1, 0.15) is 30.0 Å². The Morgan fingerprint density at radius 1 is 1.59 bits per heavy atom. The molecule has 0 aliphatic heterocycles. The van der Waals surface area contributed by atoms with Crippen molar-refractivity contribution >= 4 is 5.91 Å². The van der Waals surface area contributed by atoms with Gasteiger partial charge in [0.05, 0.1) is 0 Å². The predicted octanol–water partition coefficient (Wildman–Crippen LogP) is 1.15. The molecule has 1 aliphatic carbocycles. The molecule has 0 fully saturated rings. The molecule has 1 atom stereocenters. The number of rotatable bonds is 3. The number of nitrogens with one attached hydrogen (secondary N) is 1. The van der Waals surface area contributed by atoms with E-state index in [1.165, 1.54) is 11.1 Å². The normalized spacial score (nSPS) is 18.4. The molecular weight excluding hydrogens is 216 g/mol. The summed E-state index contributed by atoms with van der Waals surface area (Å²) < 4.78 is 5.41. The first kappa shape index (κ1) is 11.9. The van der Waals surface area contributed by atoms with Crippen LogP contribution < -0.4 is 15.8 Å². The Morgan fingerprint density at radius 3 is 3.18 bits per heavy atom. The van der Waals surface area contributed by atoms with Crippen molar-refractivity contribution in [3.63, 3.8) is 0 Å². The van der Waals surface area contributed by atoms with Gasteiger partial charge in [-0.15, -0.1) is 0 Å². The second-order valence-corrected chi connectivity index (χ2v) is 4.32. The smallest absolute Gasteiger partial charge is 0.257 e. The number of hydrogen-bond acceptors (Lipinski definition) is 3. The Labute approximate surface area is 101 Å². The van der Waals surface area contributed by atoms with E-state index in [0.717, 1.165) is 25.0 Å². The van der Waals surface area contributed by atoms with E-state index in [0.29, 0.717) is 0 Å². The van der Waals surface area contributed by atoms with E-state index in [-0.39, 0.29) is 18.6 Å². The minimum absolute atomic E-state index is 0.0569. The number of benzene rings is 1. The molecule has 92 valence electrons. The Bertz CT molecular complexity index is 418. The van der Waals surface area contributed by atoms with Crippen molar-refractivity contribution in [1.29, 1.82) is 0 Å². The summed E-state index contributed by atoms with van der Waals surface area (Å²) in [7, 11) is 1.59. The number of hydrogen-bond donors (Lipinski definition) is 2. The summed E-state index contributed by atoms with van der Waals surface area (Å²) in [6, 6.07) is 6.04. The lowest BCUT2D eigenvalue weighted by Gasteiger charge is -2.22. The van der Waals surface area contributed by atoms with Crippen LogP contribution in [-0.2, 0) is 11.2 Å². The van der Waals surface area contributed by atoms with Gasteiger partial charge in [-0.3, -0.25) is 4.79 Å². The van der Waals surface area contributed by atoms with E-state index in [2.05, 4.69) is 5.32 Å². The zero-order valence-electron chi connectivity index (χ0n) is 10.0. The summed E-state index contributed by atoms with van der Waals surface area (Å²) >= 11 is 0. The highest BCUT2D eigenvalue weighted by molar-refractivity contribution is 5.77. The van der Waals surface area contributed by atoms with Crippen LogP contribution in [0.15, 0.2) is 18.2 Å². The summed E-state index contributed by atoms with van der Waals surface area (Å²) in [4.78, 5) is 11.1. The maximum atomic E-state index is 11.1. The third-order valence-corrected chi connectivity index (χ3v) is 3.12. The van der Waals surface area contributed by atoms with Gasteiger partial charge in [0, 0.05) is 13.1 Å². The Morgan fingerprint density at radius 2 is 2.41 bits per heavy atom. The van der Waals surface area contributed by atoms with Gasteiger partial charge in [0.25, 0.3) is 5.91 Å². The quantitative estimate of drug-likeness (QED) is 0.824. The molecule has 1 aliphatic rings. The largest absolute Gasteiger partial charge is 0.484 e. The maximum Gasteiger partial charge on any atom is 0.257 e. The third-order valence-electron chi connectivity index (χ3n) is 3.12. The predicted molar refractivity (Wildman–Crippen MR) is 65.9 cm³/mol. The molecule has 1 aromatic carbocycles. The zero-order valence-corrected chi connectivity index (χ0v) is 10.0. The second kappa shape index (κ2) is 5.19. The SMILES string of the molecule is CNC(=O)COc1ccc2c(c1)CCCC2N. The molecule has 2 rings (SSSR count). The van der Waals surface area contributed by atoms with Crippen molar-refractivity contribution in [2.45, 2.75) is 25.3 Å². The Balaban J connectivity index is 2.08. The lowest BCUT2D eigenvalue weighted by molar-refractivity contribution is -0.122. The number of fused-ring (bicyclic) bond motifs is 1. The first-order chi connectivity index (χ1) is 8.20. The van der Waals surface area contributed by atoms with Crippen molar-refractivity contribution in [1.82, 2.24) is 5.32 Å². The van der Waals surface area contributed by atoms with Crippen molar-refractivity contribution in [2.24, 2.45) is 5.73 Å². The first-order valence-electron chi connectivity index (χ1n) is 5.92. The van der Waals surface area contributed by atoms with Gasteiger partial charge in [-0.2, -0.15) is 0 Å². The summed E-state index contributed by atoms with van der Waals surface area (Å²) in [5, 5.41) is 2.52. The van der Waals surface area contributed by atoms with Crippen LogP contribution in [0.4, 0.5) is 0 Å². The number of nitrogens with two attached hydrogens (primary N) is 1. The molecule has 0 bridgehead atoms. The molecule has 1 unspecified atom stereocenters. The van der Waals surface area contributed by atoms with E-state index in [9.17, 15) is 4.79 Å². The Kier molecular flexibility index (Phi) is 3.64. The summed E-state index contributed by atoms with van der Waals surface area (Å²) in [6.45, 7) is 0.0569. The molecule has 17 heavy (non-hydrogen) atoms. The molecule has 0 aromatic heterocycles. The average Bonchev–Trinajstić information content (AvgIpc) is 2.36. The van der Waals surface area contributed by atoms with Gasteiger partial charge in [-0.05, 0) is 42.5 Å². The van der Waals surface area contributed by atoms with Gasteiger partial charge >= 0.3 is 0 Å². The molecule has 1 aromatic rings. The number of amides is 1. The molecule has 4 nitrogen and oxygen atoms in total. The minimum atomic E-state index is -0.126. The minimum Gasteiger partial charge on any atom is -0.484 e. The van der Waals surface area contributed by atoms with Crippen molar-refractivity contribution < 1.29 is 9.53 Å². The molecule has 0 spiro atoms. The van der Waals surface area contributed by atoms with Crippen LogP contribution in [0.3, 0.4) is 0 Å². The molecular formula is C13H18N2O2. The highest BCUT2D eigenvalue weighted by Crippen LogP contribution is 2.30. The maximum absolute atomic E-state index is 11.1. The van der Waals surface area contributed by atoms with Gasteiger partial charge in [-0.25, -0.2) is 0 Å². The lowest BCUT2D eigenvalue weighted by Crippen LogP contribution is -2.25.